The van der Waals surface area contributed by atoms with Crippen LogP contribution in [0.4, 0.5) is 0 Å². The lowest BCUT2D eigenvalue weighted by Crippen LogP contribution is -2.28. The van der Waals surface area contributed by atoms with Crippen LogP contribution >= 0.6 is 0 Å². The summed E-state index contributed by atoms with van der Waals surface area (Å²) in [6, 6.07) is 0.0798. The van der Waals surface area contributed by atoms with Crippen molar-refractivity contribution in [1.29, 1.82) is 0 Å². The van der Waals surface area contributed by atoms with Crippen LogP contribution in [-0.2, 0) is 0 Å². The van der Waals surface area contributed by atoms with Gasteiger partial charge in [0.15, 0.2) is 0 Å². The number of allylic oxidation sites excluding steroid dienone is 1. The van der Waals surface area contributed by atoms with E-state index in [1.54, 1.807) is 0 Å². The highest BCUT2D eigenvalue weighted by atomic mass is 15.3. The first kappa shape index (κ1) is 11.9. The lowest BCUT2D eigenvalue weighted by Gasteiger charge is -2.11. The Balaban J connectivity index is 2.20. The minimum absolute atomic E-state index is 0.0798. The number of hydrazine groups is 1. The molecule has 4 N–H and O–H groups in total. The number of aromatic amines is 1. The zero-order chi connectivity index (χ0) is 10.9. The highest BCUT2D eigenvalue weighted by Gasteiger charge is 2.11. The lowest BCUT2D eigenvalue weighted by molar-refractivity contribution is 0.465. The summed E-state index contributed by atoms with van der Waals surface area (Å²) in [5.74, 6) is 6.26. The van der Waals surface area contributed by atoms with Crippen LogP contribution in [0.2, 0.25) is 0 Å². The minimum Gasteiger partial charge on any atom is -0.271 e. The first-order valence-electron chi connectivity index (χ1n) is 5.30. The molecule has 0 fully saturated rings. The molecular weight excluding hydrogens is 190 g/mol. The number of aromatic nitrogens is 3. The first-order chi connectivity index (χ1) is 7.38. The van der Waals surface area contributed by atoms with Gasteiger partial charge in [0.25, 0.3) is 0 Å². The molecule has 0 spiro atoms. The highest BCUT2D eigenvalue weighted by Crippen LogP contribution is 2.15. The molecule has 0 amide bonds. The Labute approximate surface area is 90.1 Å². The molecular formula is C10H19N5. The second kappa shape index (κ2) is 7.14. The maximum atomic E-state index is 5.45. The Hall–Kier alpha value is -1.20. The molecule has 0 saturated carbocycles. The Morgan fingerprint density at radius 3 is 3.00 bits per heavy atom. The fraction of sp³-hybridized carbons (Fsp3) is 0.600. The quantitative estimate of drug-likeness (QED) is 0.262. The summed E-state index contributed by atoms with van der Waals surface area (Å²) in [6.45, 7) is 3.69. The van der Waals surface area contributed by atoms with Crippen LogP contribution in [-0.4, -0.2) is 15.2 Å². The number of hydrogen-bond acceptors (Lipinski definition) is 4. The van der Waals surface area contributed by atoms with Crippen molar-refractivity contribution in [1.82, 2.24) is 20.6 Å². The van der Waals surface area contributed by atoms with E-state index in [2.05, 4.69) is 27.2 Å². The van der Waals surface area contributed by atoms with Gasteiger partial charge in [0.1, 0.15) is 12.2 Å². The van der Waals surface area contributed by atoms with Crippen LogP contribution in [0.1, 0.15) is 44.0 Å². The van der Waals surface area contributed by atoms with Gasteiger partial charge in [-0.1, -0.05) is 18.9 Å². The summed E-state index contributed by atoms with van der Waals surface area (Å²) in [6.07, 6.45) is 9.03. The topological polar surface area (TPSA) is 79.6 Å². The fourth-order valence-electron chi connectivity index (χ4n) is 1.50. The van der Waals surface area contributed by atoms with E-state index in [0.717, 1.165) is 25.1 Å². The lowest BCUT2D eigenvalue weighted by atomic mass is 10.1. The first-order valence-corrected chi connectivity index (χ1v) is 5.30. The van der Waals surface area contributed by atoms with Crippen LogP contribution in [0, 0.1) is 0 Å². The van der Waals surface area contributed by atoms with Crippen molar-refractivity contribution in [3.8, 4) is 0 Å². The zero-order valence-corrected chi connectivity index (χ0v) is 8.95. The van der Waals surface area contributed by atoms with E-state index in [4.69, 9.17) is 5.84 Å². The van der Waals surface area contributed by atoms with Crippen molar-refractivity contribution in [3.63, 3.8) is 0 Å². The van der Waals surface area contributed by atoms with E-state index >= 15 is 0 Å². The van der Waals surface area contributed by atoms with Crippen molar-refractivity contribution in [2.75, 3.05) is 0 Å². The number of rotatable bonds is 8. The Kier molecular flexibility index (Phi) is 5.65. The Morgan fingerprint density at radius 2 is 2.40 bits per heavy atom. The molecule has 0 aliphatic heterocycles. The number of hydrogen-bond donors (Lipinski definition) is 3. The summed E-state index contributed by atoms with van der Waals surface area (Å²) in [5, 5.41) is 6.62. The normalized spacial score (nSPS) is 12.6. The van der Waals surface area contributed by atoms with Gasteiger partial charge in [-0.25, -0.2) is 10.4 Å². The Bertz CT molecular complexity index is 257. The van der Waals surface area contributed by atoms with E-state index in [-0.39, 0.29) is 6.04 Å². The predicted molar refractivity (Wildman–Crippen MR) is 59.7 cm³/mol. The van der Waals surface area contributed by atoms with Crippen LogP contribution in [0.3, 0.4) is 0 Å². The average molecular weight is 209 g/mol. The highest BCUT2D eigenvalue weighted by molar-refractivity contribution is 4.89. The van der Waals surface area contributed by atoms with Crippen molar-refractivity contribution >= 4 is 0 Å². The molecule has 1 aromatic rings. The minimum atomic E-state index is 0.0798. The average Bonchev–Trinajstić information content (AvgIpc) is 2.77. The van der Waals surface area contributed by atoms with Gasteiger partial charge in [-0.15, -0.1) is 6.58 Å². The third kappa shape index (κ3) is 4.22. The van der Waals surface area contributed by atoms with Gasteiger partial charge in [0, 0.05) is 0 Å². The number of unbranched alkanes of at least 4 members (excludes halogenated alkanes) is 3. The number of nitrogens with zero attached hydrogens (tertiary/aromatic N) is 2. The predicted octanol–water partition coefficient (Wildman–Crippen LogP) is 1.45. The molecule has 1 atom stereocenters. The molecule has 1 aromatic heterocycles. The van der Waals surface area contributed by atoms with Gasteiger partial charge in [-0.3, -0.25) is 10.9 Å². The second-order valence-corrected chi connectivity index (χ2v) is 3.52. The molecule has 1 rings (SSSR count). The summed E-state index contributed by atoms with van der Waals surface area (Å²) in [7, 11) is 0. The number of nitrogens with one attached hydrogen (secondary N) is 2. The number of H-pyrrole nitrogens is 1. The third-order valence-electron chi connectivity index (χ3n) is 2.37. The molecule has 5 heteroatoms. The molecule has 15 heavy (non-hydrogen) atoms. The van der Waals surface area contributed by atoms with Gasteiger partial charge in [0.2, 0.25) is 0 Å². The summed E-state index contributed by atoms with van der Waals surface area (Å²) < 4.78 is 0. The van der Waals surface area contributed by atoms with E-state index in [1.165, 1.54) is 19.2 Å². The maximum absolute atomic E-state index is 5.45. The van der Waals surface area contributed by atoms with Crippen LogP contribution in [0.15, 0.2) is 19.0 Å². The standard InChI is InChI=1S/C10H19N5/c1-2-3-4-5-6-7-9(14-11)10-12-8-13-15-10/h2,8-9,14H,1,3-7,11H2,(H,12,13,15). The molecule has 0 radical (unpaired) electrons. The van der Waals surface area contributed by atoms with Crippen LogP contribution in [0.5, 0.6) is 0 Å². The summed E-state index contributed by atoms with van der Waals surface area (Å²) in [5.41, 5.74) is 2.74. The van der Waals surface area contributed by atoms with E-state index in [9.17, 15) is 0 Å². The third-order valence-corrected chi connectivity index (χ3v) is 2.37. The van der Waals surface area contributed by atoms with Crippen molar-refractivity contribution in [2.24, 2.45) is 5.84 Å². The smallest absolute Gasteiger partial charge is 0.142 e. The van der Waals surface area contributed by atoms with Gasteiger partial charge in [-0.05, 0) is 19.3 Å². The molecule has 1 unspecified atom stereocenters. The molecule has 0 aliphatic carbocycles. The van der Waals surface area contributed by atoms with Crippen molar-refractivity contribution in [2.45, 2.75) is 38.1 Å². The molecule has 0 aliphatic rings. The van der Waals surface area contributed by atoms with Crippen LogP contribution < -0.4 is 11.3 Å². The van der Waals surface area contributed by atoms with Crippen LogP contribution in [0.25, 0.3) is 0 Å². The maximum Gasteiger partial charge on any atom is 0.142 e. The molecule has 0 bridgehead atoms. The Morgan fingerprint density at radius 1 is 1.53 bits per heavy atom. The summed E-state index contributed by atoms with van der Waals surface area (Å²) in [4.78, 5) is 4.08. The molecule has 1 heterocycles. The molecule has 0 saturated heterocycles. The monoisotopic (exact) mass is 209 g/mol. The SMILES string of the molecule is C=CCCCCCC(NN)c1ncn[nH]1. The fourth-order valence-corrected chi connectivity index (χ4v) is 1.50. The zero-order valence-electron chi connectivity index (χ0n) is 8.95. The van der Waals surface area contributed by atoms with Gasteiger partial charge in [0.05, 0.1) is 6.04 Å². The number of nitrogens with two attached hydrogens (primary N) is 1. The van der Waals surface area contributed by atoms with Gasteiger partial charge >= 0.3 is 0 Å². The molecule has 5 nitrogen and oxygen atoms in total. The van der Waals surface area contributed by atoms with Crippen molar-refractivity contribution < 1.29 is 0 Å². The van der Waals surface area contributed by atoms with E-state index < -0.39 is 0 Å². The summed E-state index contributed by atoms with van der Waals surface area (Å²) >= 11 is 0. The van der Waals surface area contributed by atoms with E-state index in [0.29, 0.717) is 0 Å². The largest absolute Gasteiger partial charge is 0.271 e. The van der Waals surface area contributed by atoms with Gasteiger partial charge < -0.3 is 0 Å². The molecule has 84 valence electrons. The van der Waals surface area contributed by atoms with Gasteiger partial charge in [-0.2, -0.15) is 5.10 Å². The molecule has 0 aromatic carbocycles. The van der Waals surface area contributed by atoms with Crippen molar-refractivity contribution in [3.05, 3.63) is 24.8 Å². The van der Waals surface area contributed by atoms with E-state index in [1.807, 2.05) is 6.08 Å². The second-order valence-electron chi connectivity index (χ2n) is 3.52.